The first-order valence-corrected chi connectivity index (χ1v) is 6.66. The lowest BCUT2D eigenvalue weighted by Gasteiger charge is -2.31. The van der Waals surface area contributed by atoms with E-state index in [1.807, 2.05) is 28.5 Å². The van der Waals surface area contributed by atoms with Gasteiger partial charge >= 0.3 is 0 Å². The molecule has 0 amide bonds. The third kappa shape index (κ3) is 2.12. The van der Waals surface area contributed by atoms with Crippen molar-refractivity contribution in [2.75, 3.05) is 23.7 Å². The average Bonchev–Trinajstić information content (AvgIpc) is 3.00. The second-order valence-corrected chi connectivity index (χ2v) is 5.13. The highest BCUT2D eigenvalue weighted by atomic mass is 32.1. The molecule has 1 aliphatic heterocycles. The van der Waals surface area contributed by atoms with E-state index in [1.165, 1.54) is 0 Å². The number of hydrogen-bond acceptors (Lipinski definition) is 5. The van der Waals surface area contributed by atoms with Crippen molar-refractivity contribution < 1.29 is 0 Å². The summed E-state index contributed by atoms with van der Waals surface area (Å²) in [6.45, 7) is 2.08. The fraction of sp³-hybridized carbons (Fsp3) is 0.455. The van der Waals surface area contributed by atoms with Gasteiger partial charge in [0.15, 0.2) is 5.13 Å². The molecule has 1 fully saturated rings. The molecule has 0 spiro atoms. The van der Waals surface area contributed by atoms with Gasteiger partial charge in [-0.2, -0.15) is 5.10 Å². The van der Waals surface area contributed by atoms with Crippen molar-refractivity contribution in [1.29, 1.82) is 0 Å². The molecule has 1 saturated heterocycles. The van der Waals surface area contributed by atoms with Crippen LogP contribution in [-0.4, -0.2) is 27.9 Å². The first kappa shape index (κ1) is 10.6. The quantitative estimate of drug-likeness (QED) is 0.881. The van der Waals surface area contributed by atoms with Crippen LogP contribution in [0, 0.1) is 0 Å². The minimum atomic E-state index is 0.475. The SMILES string of the molecule is Nc1ccn(C2CCN(c3nccs3)CC2)n1. The third-order valence-electron chi connectivity index (χ3n) is 3.16. The smallest absolute Gasteiger partial charge is 0.185 e. The molecule has 0 aliphatic carbocycles. The van der Waals surface area contributed by atoms with Crippen LogP contribution in [0.2, 0.25) is 0 Å². The molecule has 1 aliphatic rings. The Morgan fingerprint density at radius 2 is 2.18 bits per heavy atom. The summed E-state index contributed by atoms with van der Waals surface area (Å²) in [7, 11) is 0. The van der Waals surface area contributed by atoms with Crippen molar-refractivity contribution in [2.24, 2.45) is 0 Å². The van der Waals surface area contributed by atoms with Crippen LogP contribution in [0.5, 0.6) is 0 Å². The lowest BCUT2D eigenvalue weighted by atomic mass is 10.1. The van der Waals surface area contributed by atoms with Gasteiger partial charge in [0.05, 0.1) is 6.04 Å². The molecule has 0 unspecified atom stereocenters. The number of nitrogens with two attached hydrogens (primary N) is 1. The van der Waals surface area contributed by atoms with E-state index in [4.69, 9.17) is 5.73 Å². The average molecular weight is 249 g/mol. The zero-order valence-electron chi connectivity index (χ0n) is 9.49. The highest BCUT2D eigenvalue weighted by Crippen LogP contribution is 2.27. The zero-order valence-corrected chi connectivity index (χ0v) is 10.3. The molecule has 0 radical (unpaired) electrons. The molecule has 90 valence electrons. The Hall–Kier alpha value is -1.56. The van der Waals surface area contributed by atoms with Gasteiger partial charge in [0.1, 0.15) is 5.82 Å². The minimum Gasteiger partial charge on any atom is -0.382 e. The number of nitrogen functional groups attached to an aromatic ring is 1. The fourth-order valence-electron chi connectivity index (χ4n) is 2.25. The van der Waals surface area contributed by atoms with Crippen LogP contribution in [0.15, 0.2) is 23.8 Å². The van der Waals surface area contributed by atoms with Gasteiger partial charge < -0.3 is 10.6 Å². The molecule has 3 heterocycles. The summed E-state index contributed by atoms with van der Waals surface area (Å²) >= 11 is 1.70. The van der Waals surface area contributed by atoms with Crippen LogP contribution in [0.3, 0.4) is 0 Å². The summed E-state index contributed by atoms with van der Waals surface area (Å²) in [4.78, 5) is 6.69. The van der Waals surface area contributed by atoms with Crippen LogP contribution in [0.25, 0.3) is 0 Å². The van der Waals surface area contributed by atoms with Crippen molar-refractivity contribution in [1.82, 2.24) is 14.8 Å². The maximum Gasteiger partial charge on any atom is 0.185 e. The highest BCUT2D eigenvalue weighted by molar-refractivity contribution is 7.13. The summed E-state index contributed by atoms with van der Waals surface area (Å²) in [6.07, 6.45) is 6.03. The second kappa shape index (κ2) is 4.37. The molecule has 0 atom stereocenters. The zero-order chi connectivity index (χ0) is 11.7. The molecule has 2 aromatic rings. The van der Waals surface area contributed by atoms with Gasteiger partial charge in [-0.25, -0.2) is 4.98 Å². The Balaban J connectivity index is 1.64. The molecule has 5 nitrogen and oxygen atoms in total. The van der Waals surface area contributed by atoms with Gasteiger partial charge in [0.2, 0.25) is 0 Å². The van der Waals surface area contributed by atoms with Gasteiger partial charge in [-0.3, -0.25) is 4.68 Å². The Morgan fingerprint density at radius 3 is 2.76 bits per heavy atom. The van der Waals surface area contributed by atoms with Crippen LogP contribution in [-0.2, 0) is 0 Å². The van der Waals surface area contributed by atoms with E-state index in [1.54, 1.807) is 11.3 Å². The van der Waals surface area contributed by atoms with E-state index < -0.39 is 0 Å². The summed E-state index contributed by atoms with van der Waals surface area (Å²) in [5.74, 6) is 0.604. The predicted octanol–water partition coefficient (Wildman–Crippen LogP) is 1.76. The molecule has 6 heteroatoms. The Labute approximate surface area is 104 Å². The number of hydrogen-bond donors (Lipinski definition) is 1. The van der Waals surface area contributed by atoms with Crippen molar-refractivity contribution >= 4 is 22.3 Å². The van der Waals surface area contributed by atoms with Gasteiger partial charge in [0.25, 0.3) is 0 Å². The van der Waals surface area contributed by atoms with Crippen molar-refractivity contribution in [3.63, 3.8) is 0 Å². The molecular weight excluding hydrogens is 234 g/mol. The summed E-state index contributed by atoms with van der Waals surface area (Å²) < 4.78 is 1.99. The number of anilines is 2. The van der Waals surface area contributed by atoms with Gasteiger partial charge in [-0.1, -0.05) is 0 Å². The van der Waals surface area contributed by atoms with Crippen molar-refractivity contribution in [3.8, 4) is 0 Å². The fourth-order valence-corrected chi connectivity index (χ4v) is 2.95. The predicted molar refractivity (Wildman–Crippen MR) is 69.2 cm³/mol. The number of piperidine rings is 1. The minimum absolute atomic E-state index is 0.475. The first-order chi connectivity index (χ1) is 8.33. The molecule has 2 aromatic heterocycles. The largest absolute Gasteiger partial charge is 0.382 e. The molecule has 3 rings (SSSR count). The lowest BCUT2D eigenvalue weighted by Crippen LogP contribution is -2.34. The maximum atomic E-state index is 5.64. The van der Waals surface area contributed by atoms with Crippen molar-refractivity contribution in [2.45, 2.75) is 18.9 Å². The van der Waals surface area contributed by atoms with E-state index in [2.05, 4.69) is 15.0 Å². The Kier molecular flexibility index (Phi) is 2.72. The maximum absolute atomic E-state index is 5.64. The lowest BCUT2D eigenvalue weighted by molar-refractivity contribution is 0.367. The molecule has 0 aromatic carbocycles. The van der Waals surface area contributed by atoms with Crippen LogP contribution < -0.4 is 10.6 Å². The van der Waals surface area contributed by atoms with E-state index in [9.17, 15) is 0 Å². The summed E-state index contributed by atoms with van der Waals surface area (Å²) in [5, 5.41) is 7.44. The summed E-state index contributed by atoms with van der Waals surface area (Å²) in [6, 6.07) is 2.33. The van der Waals surface area contributed by atoms with Gasteiger partial charge in [-0.05, 0) is 18.9 Å². The normalized spacial score (nSPS) is 17.5. The van der Waals surface area contributed by atoms with E-state index in [0.29, 0.717) is 11.9 Å². The van der Waals surface area contributed by atoms with E-state index >= 15 is 0 Å². The number of nitrogens with zero attached hydrogens (tertiary/aromatic N) is 4. The molecule has 2 N–H and O–H groups in total. The second-order valence-electron chi connectivity index (χ2n) is 4.25. The molecule has 17 heavy (non-hydrogen) atoms. The van der Waals surface area contributed by atoms with Crippen molar-refractivity contribution in [3.05, 3.63) is 23.8 Å². The Bertz CT molecular complexity index is 470. The first-order valence-electron chi connectivity index (χ1n) is 5.78. The molecule has 0 saturated carbocycles. The highest BCUT2D eigenvalue weighted by Gasteiger charge is 2.22. The van der Waals surface area contributed by atoms with E-state index in [-0.39, 0.29) is 0 Å². The van der Waals surface area contributed by atoms with Crippen LogP contribution in [0.1, 0.15) is 18.9 Å². The van der Waals surface area contributed by atoms with Gasteiger partial charge in [-0.15, -0.1) is 11.3 Å². The Morgan fingerprint density at radius 1 is 1.35 bits per heavy atom. The molecule has 0 bridgehead atoms. The summed E-state index contributed by atoms with van der Waals surface area (Å²) in [5.41, 5.74) is 5.64. The van der Waals surface area contributed by atoms with Crippen LogP contribution >= 0.6 is 11.3 Å². The third-order valence-corrected chi connectivity index (χ3v) is 3.99. The topological polar surface area (TPSA) is 60.0 Å². The monoisotopic (exact) mass is 249 g/mol. The number of rotatable bonds is 2. The number of thiazole rings is 1. The van der Waals surface area contributed by atoms with Crippen LogP contribution in [0.4, 0.5) is 10.9 Å². The van der Waals surface area contributed by atoms with E-state index in [0.717, 1.165) is 31.1 Å². The van der Waals surface area contributed by atoms with Gasteiger partial charge in [0, 0.05) is 30.9 Å². The molecular formula is C11H15N5S. The standard InChI is InChI=1S/C11H15N5S/c12-10-3-7-16(14-10)9-1-5-15(6-2-9)11-13-4-8-17-11/h3-4,7-9H,1-2,5-6H2,(H2,12,14). The number of aromatic nitrogens is 3.